The Morgan fingerprint density at radius 3 is 2.33 bits per heavy atom. The SMILES string of the molecule is COC(=O)CCCCC(=N)N.Cl. The van der Waals surface area contributed by atoms with Crippen LogP contribution in [0.1, 0.15) is 25.7 Å². The summed E-state index contributed by atoms with van der Waals surface area (Å²) in [7, 11) is 1.37. The molecule has 0 aromatic carbocycles. The fraction of sp³-hybridized carbons (Fsp3) is 0.714. The van der Waals surface area contributed by atoms with Gasteiger partial charge in [0.05, 0.1) is 12.9 Å². The van der Waals surface area contributed by atoms with Crippen LogP contribution in [0.5, 0.6) is 0 Å². The smallest absolute Gasteiger partial charge is 0.305 e. The normalized spacial score (nSPS) is 8.42. The number of rotatable bonds is 5. The van der Waals surface area contributed by atoms with Crippen LogP contribution in [0.15, 0.2) is 0 Å². The molecule has 0 spiro atoms. The lowest BCUT2D eigenvalue weighted by atomic mass is 10.2. The van der Waals surface area contributed by atoms with Crippen molar-refractivity contribution in [3.05, 3.63) is 0 Å². The van der Waals surface area contributed by atoms with Gasteiger partial charge in [-0.05, 0) is 12.8 Å². The Balaban J connectivity index is 0. The van der Waals surface area contributed by atoms with E-state index in [0.717, 1.165) is 12.8 Å². The van der Waals surface area contributed by atoms with Gasteiger partial charge in [0.15, 0.2) is 0 Å². The number of nitrogens with one attached hydrogen (secondary N) is 1. The maximum atomic E-state index is 10.5. The third-order valence-corrected chi connectivity index (χ3v) is 1.30. The molecule has 0 saturated carbocycles. The second-order valence-electron chi connectivity index (χ2n) is 2.31. The van der Waals surface area contributed by atoms with E-state index in [1.807, 2.05) is 0 Å². The lowest BCUT2D eigenvalue weighted by molar-refractivity contribution is -0.140. The van der Waals surface area contributed by atoms with Crippen molar-refractivity contribution in [3.63, 3.8) is 0 Å². The van der Waals surface area contributed by atoms with Crippen molar-refractivity contribution in [2.45, 2.75) is 25.7 Å². The average Bonchev–Trinajstić information content (AvgIpc) is 1.97. The molecule has 0 aliphatic heterocycles. The Kier molecular flexibility index (Phi) is 9.57. The predicted octanol–water partition coefficient (Wildman–Crippen LogP) is 1.08. The summed E-state index contributed by atoms with van der Waals surface area (Å²) in [6.45, 7) is 0. The van der Waals surface area contributed by atoms with E-state index >= 15 is 0 Å². The molecule has 5 heteroatoms. The molecule has 0 aliphatic carbocycles. The fourth-order valence-electron chi connectivity index (χ4n) is 0.687. The second-order valence-corrected chi connectivity index (χ2v) is 2.31. The number of esters is 1. The monoisotopic (exact) mass is 194 g/mol. The van der Waals surface area contributed by atoms with Crippen LogP contribution >= 0.6 is 12.4 Å². The van der Waals surface area contributed by atoms with Crippen LogP contribution in [0.3, 0.4) is 0 Å². The van der Waals surface area contributed by atoms with Crippen molar-refractivity contribution in [1.29, 1.82) is 5.41 Å². The predicted molar refractivity (Wildman–Crippen MR) is 49.6 cm³/mol. The summed E-state index contributed by atoms with van der Waals surface area (Å²) in [6, 6.07) is 0. The van der Waals surface area contributed by atoms with Gasteiger partial charge in [-0.15, -0.1) is 12.4 Å². The minimum absolute atomic E-state index is 0. The maximum absolute atomic E-state index is 10.5. The van der Waals surface area contributed by atoms with Gasteiger partial charge in [0.25, 0.3) is 0 Å². The summed E-state index contributed by atoms with van der Waals surface area (Å²) in [5, 5.41) is 6.89. The first-order chi connectivity index (χ1) is 5.16. The van der Waals surface area contributed by atoms with Crippen molar-refractivity contribution >= 4 is 24.2 Å². The van der Waals surface area contributed by atoms with E-state index in [1.54, 1.807) is 0 Å². The van der Waals surface area contributed by atoms with Gasteiger partial charge in [-0.1, -0.05) is 0 Å². The van der Waals surface area contributed by atoms with E-state index < -0.39 is 0 Å². The van der Waals surface area contributed by atoms with Crippen molar-refractivity contribution in [3.8, 4) is 0 Å². The molecule has 3 N–H and O–H groups in total. The number of amidine groups is 1. The minimum atomic E-state index is -0.200. The standard InChI is InChI=1S/C7H14N2O2.ClH/c1-11-7(10)5-3-2-4-6(8)9;/h2-5H2,1H3,(H3,8,9);1H. The topological polar surface area (TPSA) is 76.2 Å². The summed E-state index contributed by atoms with van der Waals surface area (Å²) in [5.74, 6) is -0.0246. The Morgan fingerprint density at radius 1 is 1.42 bits per heavy atom. The number of unbranched alkanes of at least 4 members (excludes halogenated alkanes) is 1. The van der Waals surface area contributed by atoms with Crippen LogP contribution in [0.4, 0.5) is 0 Å². The van der Waals surface area contributed by atoms with E-state index in [4.69, 9.17) is 11.1 Å². The summed E-state index contributed by atoms with van der Waals surface area (Å²) in [5.41, 5.74) is 5.11. The summed E-state index contributed by atoms with van der Waals surface area (Å²) in [4.78, 5) is 10.5. The van der Waals surface area contributed by atoms with Crippen LogP contribution in [0, 0.1) is 5.41 Å². The van der Waals surface area contributed by atoms with Crippen molar-refractivity contribution in [1.82, 2.24) is 0 Å². The highest BCUT2D eigenvalue weighted by molar-refractivity contribution is 5.85. The third-order valence-electron chi connectivity index (χ3n) is 1.30. The molecule has 0 unspecified atom stereocenters. The first kappa shape index (κ1) is 13.8. The zero-order valence-electron chi connectivity index (χ0n) is 7.13. The molecule has 0 fully saturated rings. The molecule has 0 aromatic rings. The van der Waals surface area contributed by atoms with E-state index in [-0.39, 0.29) is 24.2 Å². The highest BCUT2D eigenvalue weighted by Gasteiger charge is 1.98. The lowest BCUT2D eigenvalue weighted by Gasteiger charge is -1.98. The van der Waals surface area contributed by atoms with Crippen molar-refractivity contribution in [2.24, 2.45) is 5.73 Å². The zero-order chi connectivity index (χ0) is 8.69. The number of ether oxygens (including phenoxy) is 1. The molecular weight excluding hydrogens is 180 g/mol. The minimum Gasteiger partial charge on any atom is -0.469 e. The van der Waals surface area contributed by atoms with E-state index in [1.165, 1.54) is 7.11 Å². The zero-order valence-corrected chi connectivity index (χ0v) is 7.95. The molecule has 0 atom stereocenters. The average molecular weight is 195 g/mol. The molecule has 0 saturated heterocycles. The quantitative estimate of drug-likeness (QED) is 0.298. The summed E-state index contributed by atoms with van der Waals surface area (Å²) in [6.07, 6.45) is 2.51. The molecule has 0 radical (unpaired) electrons. The molecule has 0 heterocycles. The van der Waals surface area contributed by atoms with E-state index in [2.05, 4.69) is 4.74 Å². The van der Waals surface area contributed by atoms with Crippen LogP contribution in [0.2, 0.25) is 0 Å². The highest BCUT2D eigenvalue weighted by atomic mass is 35.5. The molecule has 0 aromatic heterocycles. The Bertz CT molecular complexity index is 150. The number of nitrogens with two attached hydrogens (primary N) is 1. The second kappa shape index (κ2) is 8.33. The first-order valence-corrected chi connectivity index (χ1v) is 3.56. The number of hydrogen-bond donors (Lipinski definition) is 2. The van der Waals surface area contributed by atoms with Crippen LogP contribution < -0.4 is 5.73 Å². The number of carbonyl (C=O) groups is 1. The Morgan fingerprint density at radius 2 is 1.92 bits per heavy atom. The van der Waals surface area contributed by atoms with Gasteiger partial charge < -0.3 is 10.5 Å². The van der Waals surface area contributed by atoms with Crippen LogP contribution in [0.25, 0.3) is 0 Å². The van der Waals surface area contributed by atoms with Crippen LogP contribution in [-0.4, -0.2) is 18.9 Å². The fourth-order valence-corrected chi connectivity index (χ4v) is 0.687. The lowest BCUT2D eigenvalue weighted by Crippen LogP contribution is -2.09. The van der Waals surface area contributed by atoms with E-state index in [9.17, 15) is 4.79 Å². The number of carbonyl (C=O) groups excluding carboxylic acids is 1. The van der Waals surface area contributed by atoms with Gasteiger partial charge >= 0.3 is 5.97 Å². The van der Waals surface area contributed by atoms with Crippen molar-refractivity contribution in [2.75, 3.05) is 7.11 Å². The Hall–Kier alpha value is -0.770. The largest absolute Gasteiger partial charge is 0.469 e. The number of hydrogen-bond acceptors (Lipinski definition) is 3. The molecular formula is C7H15ClN2O2. The van der Waals surface area contributed by atoms with Gasteiger partial charge in [0.1, 0.15) is 0 Å². The highest BCUT2D eigenvalue weighted by Crippen LogP contribution is 1.99. The molecule has 72 valence electrons. The number of halogens is 1. The molecule has 4 nitrogen and oxygen atoms in total. The van der Waals surface area contributed by atoms with Gasteiger partial charge in [-0.25, -0.2) is 0 Å². The Labute approximate surface area is 78.4 Å². The maximum Gasteiger partial charge on any atom is 0.305 e. The van der Waals surface area contributed by atoms with E-state index in [0.29, 0.717) is 12.8 Å². The molecule has 12 heavy (non-hydrogen) atoms. The van der Waals surface area contributed by atoms with Gasteiger partial charge in [-0.3, -0.25) is 10.2 Å². The van der Waals surface area contributed by atoms with Gasteiger partial charge in [-0.2, -0.15) is 0 Å². The van der Waals surface area contributed by atoms with Crippen LogP contribution in [-0.2, 0) is 9.53 Å². The first-order valence-electron chi connectivity index (χ1n) is 3.56. The van der Waals surface area contributed by atoms with Crippen molar-refractivity contribution < 1.29 is 9.53 Å². The van der Waals surface area contributed by atoms with Gasteiger partial charge in [0, 0.05) is 12.8 Å². The molecule has 0 rings (SSSR count). The van der Waals surface area contributed by atoms with Gasteiger partial charge in [0.2, 0.25) is 0 Å². The molecule has 0 aliphatic rings. The molecule has 0 amide bonds. The summed E-state index contributed by atoms with van der Waals surface area (Å²) >= 11 is 0. The summed E-state index contributed by atoms with van der Waals surface area (Å²) < 4.78 is 4.43. The molecule has 0 bridgehead atoms. The third kappa shape index (κ3) is 9.23. The number of methoxy groups -OCH3 is 1.